The second-order valence-corrected chi connectivity index (χ2v) is 10.3. The topological polar surface area (TPSA) is 132 Å². The number of carbonyl (C=O) groups is 2. The quantitative estimate of drug-likeness (QED) is 0.338. The standard InChI is InChI=1S/C29H36FN7O6/c1-19-27(33-29(39)32-24-17-36(12-13-40-3)43-26(24)21-9-10-31-25(30)15-21)37(22-7-5-4-6-8-22)34-28(19)42-18-23-16-35(20(2)38)11-14-41-23/h4-10,15,23-24,26H,11-14,16-18H2,1-3H3,(H2,32,33,39)/t23?,24-,26+/m1/s1. The van der Waals surface area contributed by atoms with Crippen molar-refractivity contribution in [2.45, 2.75) is 32.1 Å². The third-order valence-electron chi connectivity index (χ3n) is 7.27. The average Bonchev–Trinajstić information content (AvgIpc) is 3.55. The summed E-state index contributed by atoms with van der Waals surface area (Å²) in [5.74, 6) is 0.0846. The number of morpholine rings is 1. The van der Waals surface area contributed by atoms with Crippen molar-refractivity contribution >= 4 is 17.8 Å². The lowest BCUT2D eigenvalue weighted by atomic mass is 10.0. The number of pyridine rings is 1. The lowest BCUT2D eigenvalue weighted by Gasteiger charge is -2.31. The molecule has 1 unspecified atom stereocenters. The number of para-hydroxylation sites is 1. The van der Waals surface area contributed by atoms with Crippen molar-refractivity contribution in [2.24, 2.45) is 0 Å². The first-order valence-electron chi connectivity index (χ1n) is 14.1. The van der Waals surface area contributed by atoms with Crippen LogP contribution in [-0.2, 0) is 19.1 Å². The van der Waals surface area contributed by atoms with Crippen LogP contribution >= 0.6 is 0 Å². The Balaban J connectivity index is 1.33. The number of halogens is 1. The Morgan fingerprint density at radius 3 is 2.74 bits per heavy atom. The number of nitrogens with one attached hydrogen (secondary N) is 2. The molecule has 0 saturated carbocycles. The highest BCUT2D eigenvalue weighted by Crippen LogP contribution is 2.31. The van der Waals surface area contributed by atoms with Gasteiger partial charge in [-0.05, 0) is 36.8 Å². The molecule has 0 bridgehead atoms. The molecule has 3 amide bonds. The van der Waals surface area contributed by atoms with Crippen molar-refractivity contribution in [1.29, 1.82) is 0 Å². The molecule has 2 saturated heterocycles. The van der Waals surface area contributed by atoms with E-state index in [9.17, 15) is 14.0 Å². The molecule has 2 aromatic heterocycles. The molecule has 2 fully saturated rings. The maximum Gasteiger partial charge on any atom is 0.320 e. The van der Waals surface area contributed by atoms with Crippen LogP contribution in [0.25, 0.3) is 5.69 Å². The first-order valence-corrected chi connectivity index (χ1v) is 14.1. The van der Waals surface area contributed by atoms with Crippen molar-refractivity contribution in [2.75, 3.05) is 58.4 Å². The van der Waals surface area contributed by atoms with E-state index in [0.29, 0.717) is 67.9 Å². The molecule has 4 heterocycles. The average molecular weight is 598 g/mol. The largest absolute Gasteiger partial charge is 0.474 e. The maximum atomic E-state index is 13.9. The van der Waals surface area contributed by atoms with Gasteiger partial charge in [0.15, 0.2) is 0 Å². The van der Waals surface area contributed by atoms with E-state index < -0.39 is 24.1 Å². The third kappa shape index (κ3) is 7.46. The van der Waals surface area contributed by atoms with Crippen LogP contribution in [0.2, 0.25) is 0 Å². The fraction of sp³-hybridized carbons (Fsp3) is 0.448. The van der Waals surface area contributed by atoms with Gasteiger partial charge in [-0.1, -0.05) is 18.2 Å². The Bertz CT molecular complexity index is 1410. The molecular weight excluding hydrogens is 561 g/mol. The minimum atomic E-state index is -0.637. The molecule has 230 valence electrons. The number of anilines is 1. The van der Waals surface area contributed by atoms with Crippen molar-refractivity contribution in [3.8, 4) is 11.6 Å². The monoisotopic (exact) mass is 597 g/mol. The highest BCUT2D eigenvalue weighted by Gasteiger charge is 2.37. The van der Waals surface area contributed by atoms with Crippen LogP contribution in [0.15, 0.2) is 48.7 Å². The summed E-state index contributed by atoms with van der Waals surface area (Å²) in [7, 11) is 1.59. The van der Waals surface area contributed by atoms with E-state index >= 15 is 0 Å². The first kappa shape index (κ1) is 30.4. The van der Waals surface area contributed by atoms with Crippen LogP contribution in [0, 0.1) is 12.9 Å². The molecular formula is C29H36FN7O6. The Kier molecular flexibility index (Phi) is 9.82. The van der Waals surface area contributed by atoms with E-state index in [0.717, 1.165) is 0 Å². The molecule has 2 aliphatic rings. The first-order chi connectivity index (χ1) is 20.8. The molecule has 5 rings (SSSR count). The Hall–Kier alpha value is -4.11. The Morgan fingerprint density at radius 2 is 2.00 bits per heavy atom. The van der Waals surface area contributed by atoms with E-state index in [1.54, 1.807) is 34.7 Å². The molecule has 2 N–H and O–H groups in total. The predicted molar refractivity (Wildman–Crippen MR) is 153 cm³/mol. The number of benzene rings is 1. The smallest absolute Gasteiger partial charge is 0.320 e. The second kappa shape index (κ2) is 13.9. The molecule has 43 heavy (non-hydrogen) atoms. The number of methoxy groups -OCH3 is 1. The highest BCUT2D eigenvalue weighted by atomic mass is 19.1. The van der Waals surface area contributed by atoms with Gasteiger partial charge >= 0.3 is 6.03 Å². The van der Waals surface area contributed by atoms with Gasteiger partial charge in [-0.2, -0.15) is 9.45 Å². The number of rotatable bonds is 10. The van der Waals surface area contributed by atoms with E-state index in [4.69, 9.17) is 19.0 Å². The van der Waals surface area contributed by atoms with Crippen molar-refractivity contribution < 1.29 is 33.0 Å². The fourth-order valence-corrected chi connectivity index (χ4v) is 5.04. The van der Waals surface area contributed by atoms with Gasteiger partial charge < -0.3 is 24.4 Å². The summed E-state index contributed by atoms with van der Waals surface area (Å²) in [5.41, 5.74) is 1.87. The summed E-state index contributed by atoms with van der Waals surface area (Å²) in [5, 5.41) is 12.2. The van der Waals surface area contributed by atoms with Crippen LogP contribution in [0.4, 0.5) is 15.0 Å². The number of carbonyl (C=O) groups excluding carboxylic acids is 2. The second-order valence-electron chi connectivity index (χ2n) is 10.3. The fourth-order valence-electron chi connectivity index (χ4n) is 5.04. The normalized spacial score (nSPS) is 20.7. The minimum absolute atomic E-state index is 0.0129. The number of aromatic nitrogens is 3. The van der Waals surface area contributed by atoms with Gasteiger partial charge in [0.05, 0.1) is 37.1 Å². The number of hydrogen-bond acceptors (Lipinski definition) is 9. The van der Waals surface area contributed by atoms with E-state index in [2.05, 4.69) is 20.7 Å². The third-order valence-corrected chi connectivity index (χ3v) is 7.27. The lowest BCUT2D eigenvalue weighted by Crippen LogP contribution is -2.46. The molecule has 3 atom stereocenters. The van der Waals surface area contributed by atoms with Crippen LogP contribution in [0.5, 0.6) is 5.88 Å². The van der Waals surface area contributed by atoms with Gasteiger partial charge in [-0.3, -0.25) is 14.9 Å². The van der Waals surface area contributed by atoms with Gasteiger partial charge in [0.2, 0.25) is 17.7 Å². The molecule has 0 radical (unpaired) electrons. The molecule has 2 aliphatic heterocycles. The summed E-state index contributed by atoms with van der Waals surface area (Å²) in [6, 6.07) is 11.3. The Labute approximate surface area is 248 Å². The number of urea groups is 1. The van der Waals surface area contributed by atoms with Gasteiger partial charge in [0, 0.05) is 39.9 Å². The molecule has 0 aliphatic carbocycles. The van der Waals surface area contributed by atoms with Crippen LogP contribution in [0.3, 0.4) is 0 Å². The number of ether oxygens (including phenoxy) is 3. The summed E-state index contributed by atoms with van der Waals surface area (Å²) in [6.45, 7) is 6.16. The van der Waals surface area contributed by atoms with Gasteiger partial charge in [-0.25, -0.2) is 14.5 Å². The molecule has 14 heteroatoms. The van der Waals surface area contributed by atoms with Gasteiger partial charge in [0.25, 0.3) is 0 Å². The van der Waals surface area contributed by atoms with E-state index in [-0.39, 0.29) is 18.6 Å². The maximum absolute atomic E-state index is 13.9. The SMILES string of the molecule is COCCN1C[C@@H](NC(=O)Nc2c(C)c(OCC3CN(C(C)=O)CCO3)nn2-c2ccccc2)[C@H](c2ccnc(F)c2)O1. The number of hydroxylamine groups is 2. The van der Waals surface area contributed by atoms with E-state index in [1.165, 1.54) is 19.2 Å². The lowest BCUT2D eigenvalue weighted by molar-refractivity contribution is -0.154. The van der Waals surface area contributed by atoms with Crippen LogP contribution < -0.4 is 15.4 Å². The number of nitrogens with zero attached hydrogens (tertiary/aromatic N) is 5. The van der Waals surface area contributed by atoms with Crippen molar-refractivity contribution in [3.63, 3.8) is 0 Å². The molecule has 13 nitrogen and oxygen atoms in total. The zero-order chi connectivity index (χ0) is 30.3. The van der Waals surface area contributed by atoms with E-state index in [1.807, 2.05) is 30.3 Å². The zero-order valence-corrected chi connectivity index (χ0v) is 24.4. The van der Waals surface area contributed by atoms with Crippen LogP contribution in [0.1, 0.15) is 24.2 Å². The molecule has 3 aromatic rings. The summed E-state index contributed by atoms with van der Waals surface area (Å²) in [6.07, 6.45) is 0.420. The zero-order valence-electron chi connectivity index (χ0n) is 24.4. The van der Waals surface area contributed by atoms with Gasteiger partial charge in [0.1, 0.15) is 24.6 Å². The number of amides is 3. The molecule has 0 spiro atoms. The van der Waals surface area contributed by atoms with Crippen molar-refractivity contribution in [1.82, 2.24) is 30.0 Å². The predicted octanol–water partition coefficient (Wildman–Crippen LogP) is 2.47. The highest BCUT2D eigenvalue weighted by molar-refractivity contribution is 5.90. The minimum Gasteiger partial charge on any atom is -0.474 e. The molecule has 1 aromatic carbocycles. The van der Waals surface area contributed by atoms with Crippen LogP contribution in [-0.4, -0.2) is 102 Å². The number of hydrogen-bond donors (Lipinski definition) is 2. The summed E-state index contributed by atoms with van der Waals surface area (Å²) < 4.78 is 32.5. The Morgan fingerprint density at radius 1 is 1.19 bits per heavy atom. The summed E-state index contributed by atoms with van der Waals surface area (Å²) in [4.78, 5) is 36.6. The van der Waals surface area contributed by atoms with Gasteiger partial charge in [-0.15, -0.1) is 5.10 Å². The summed E-state index contributed by atoms with van der Waals surface area (Å²) >= 11 is 0. The van der Waals surface area contributed by atoms with Crippen molar-refractivity contribution in [3.05, 3.63) is 65.7 Å².